The van der Waals surface area contributed by atoms with Gasteiger partial charge in [-0.2, -0.15) is 0 Å². The fourth-order valence-corrected chi connectivity index (χ4v) is 1.29. The van der Waals surface area contributed by atoms with Crippen molar-refractivity contribution in [2.24, 2.45) is 0 Å². The topological polar surface area (TPSA) is 0 Å². The Morgan fingerprint density at radius 3 is 1.64 bits per heavy atom. The second-order valence-electron chi connectivity index (χ2n) is 1.49. The molecule has 0 aliphatic carbocycles. The van der Waals surface area contributed by atoms with Gasteiger partial charge in [0, 0.05) is 0 Å². The largest absolute Gasteiger partial charge is 2.00 e. The molecule has 0 aliphatic heterocycles. The summed E-state index contributed by atoms with van der Waals surface area (Å²) in [4.78, 5) is 0. The van der Waals surface area contributed by atoms with Crippen LogP contribution in [0.15, 0.2) is 12.1 Å². The summed E-state index contributed by atoms with van der Waals surface area (Å²) < 4.78 is 0. The van der Waals surface area contributed by atoms with E-state index in [1.807, 2.05) is 0 Å². The maximum atomic E-state index is 5.56. The first-order valence-corrected chi connectivity index (χ1v) is 3.36. The Kier molecular flexibility index (Phi) is 9.19. The van der Waals surface area contributed by atoms with E-state index in [1.54, 1.807) is 12.1 Å². The van der Waals surface area contributed by atoms with Crippen LogP contribution in [-0.4, -0.2) is 23.1 Å². The Labute approximate surface area is 107 Å². The number of benzene rings is 1. The molecule has 56 valence electrons. The van der Waals surface area contributed by atoms with E-state index in [1.165, 1.54) is 0 Å². The molecule has 0 unspecified atom stereocenters. The SMILES string of the molecule is Clc1[c-]c(Cl)cc(Cl)c1.[Br-].[Mg+2]. The van der Waals surface area contributed by atoms with Gasteiger partial charge in [-0.05, 0) is 0 Å². The molecule has 0 nitrogen and oxygen atoms in total. The van der Waals surface area contributed by atoms with Gasteiger partial charge in [-0.25, -0.2) is 0 Å². The molecule has 5 heteroatoms. The molecule has 0 saturated carbocycles. The first-order valence-electron chi connectivity index (χ1n) is 2.22. The molecule has 0 radical (unpaired) electrons. The zero-order valence-corrected chi connectivity index (χ0v) is 10.6. The molecule has 0 amide bonds. The molecule has 0 fully saturated rings. The van der Waals surface area contributed by atoms with Gasteiger partial charge < -0.3 is 17.0 Å². The molecule has 0 saturated heterocycles. The fraction of sp³-hybridized carbons (Fsp3) is 0. The van der Waals surface area contributed by atoms with Crippen molar-refractivity contribution in [2.75, 3.05) is 0 Å². The second-order valence-corrected chi connectivity index (χ2v) is 2.75. The molecule has 0 heterocycles. The van der Waals surface area contributed by atoms with Crippen LogP contribution >= 0.6 is 34.8 Å². The Morgan fingerprint density at radius 2 is 1.36 bits per heavy atom. The molecular weight excluding hydrogens is 283 g/mol. The van der Waals surface area contributed by atoms with E-state index in [9.17, 15) is 0 Å². The smallest absolute Gasteiger partial charge is 1.00 e. The van der Waals surface area contributed by atoms with Gasteiger partial charge in [0.15, 0.2) is 0 Å². The summed E-state index contributed by atoms with van der Waals surface area (Å²) in [5.74, 6) is 0. The van der Waals surface area contributed by atoms with Gasteiger partial charge in [-0.15, -0.1) is 53.0 Å². The average Bonchev–Trinajstić information content (AvgIpc) is 1.59. The van der Waals surface area contributed by atoms with Gasteiger partial charge in [-0.3, -0.25) is 0 Å². The van der Waals surface area contributed by atoms with Crippen molar-refractivity contribution in [2.45, 2.75) is 0 Å². The summed E-state index contributed by atoms with van der Waals surface area (Å²) >= 11 is 16.6. The summed E-state index contributed by atoms with van der Waals surface area (Å²) in [5.41, 5.74) is 0. The van der Waals surface area contributed by atoms with Crippen molar-refractivity contribution in [3.05, 3.63) is 33.3 Å². The van der Waals surface area contributed by atoms with Gasteiger partial charge >= 0.3 is 23.1 Å². The van der Waals surface area contributed by atoms with Crippen molar-refractivity contribution in [3.8, 4) is 0 Å². The molecule has 0 aromatic heterocycles. The Morgan fingerprint density at radius 1 is 1.00 bits per heavy atom. The summed E-state index contributed by atoms with van der Waals surface area (Å²) in [6, 6.07) is 5.81. The van der Waals surface area contributed by atoms with E-state index in [0.717, 1.165) is 0 Å². The van der Waals surface area contributed by atoms with E-state index < -0.39 is 0 Å². The Balaban J connectivity index is 0. The van der Waals surface area contributed by atoms with Crippen LogP contribution < -0.4 is 17.0 Å². The number of halogens is 4. The molecule has 0 N–H and O–H groups in total. The summed E-state index contributed by atoms with van der Waals surface area (Å²) in [6.45, 7) is 0. The van der Waals surface area contributed by atoms with E-state index in [0.29, 0.717) is 15.1 Å². The van der Waals surface area contributed by atoms with E-state index in [-0.39, 0.29) is 40.0 Å². The Hall–Kier alpha value is 1.34. The maximum Gasteiger partial charge on any atom is 2.00 e. The minimum absolute atomic E-state index is 0. The van der Waals surface area contributed by atoms with Gasteiger partial charge in [-0.1, -0.05) is 15.1 Å². The number of hydrogen-bond donors (Lipinski definition) is 0. The van der Waals surface area contributed by atoms with Crippen molar-refractivity contribution in [1.29, 1.82) is 0 Å². The zero-order chi connectivity index (χ0) is 6.85. The van der Waals surface area contributed by atoms with Crippen LogP contribution in [0.3, 0.4) is 0 Å². The average molecular weight is 285 g/mol. The first kappa shape index (κ1) is 14.8. The third-order valence-corrected chi connectivity index (χ3v) is 1.39. The van der Waals surface area contributed by atoms with Crippen molar-refractivity contribution in [3.63, 3.8) is 0 Å². The van der Waals surface area contributed by atoms with Gasteiger partial charge in [0.1, 0.15) is 0 Å². The van der Waals surface area contributed by atoms with E-state index in [2.05, 4.69) is 6.07 Å². The van der Waals surface area contributed by atoms with Crippen LogP contribution in [0, 0.1) is 6.07 Å². The fourth-order valence-electron chi connectivity index (χ4n) is 0.470. The van der Waals surface area contributed by atoms with Crippen LogP contribution in [0.4, 0.5) is 0 Å². The molecule has 1 aromatic carbocycles. The van der Waals surface area contributed by atoms with Crippen molar-refractivity contribution in [1.82, 2.24) is 0 Å². The quantitative estimate of drug-likeness (QED) is 0.467. The minimum atomic E-state index is 0. The third kappa shape index (κ3) is 5.56. The standard InChI is InChI=1S/C6H2Cl3.BrH.Mg/c7-4-1-5(8)3-6(9)2-4;;/h1-2H;1H;/q-1;;+2/p-1. The molecule has 1 aromatic rings. The molecule has 0 bridgehead atoms. The minimum Gasteiger partial charge on any atom is -1.00 e. The molecule has 0 spiro atoms. The number of rotatable bonds is 0. The molecule has 11 heavy (non-hydrogen) atoms. The zero-order valence-electron chi connectivity index (χ0n) is 5.37. The maximum absolute atomic E-state index is 5.56. The normalized spacial score (nSPS) is 7.91. The summed E-state index contributed by atoms with van der Waals surface area (Å²) in [6.07, 6.45) is 0. The van der Waals surface area contributed by atoms with Crippen molar-refractivity contribution < 1.29 is 17.0 Å². The second kappa shape index (κ2) is 6.81. The van der Waals surface area contributed by atoms with E-state index >= 15 is 0 Å². The molecular formula is C6H2BrCl3Mg. The monoisotopic (exact) mass is 282 g/mol. The van der Waals surface area contributed by atoms with E-state index in [4.69, 9.17) is 34.8 Å². The van der Waals surface area contributed by atoms with Crippen LogP contribution in [0.5, 0.6) is 0 Å². The van der Waals surface area contributed by atoms with Crippen LogP contribution in [0.2, 0.25) is 15.1 Å². The molecule has 0 atom stereocenters. The third-order valence-electron chi connectivity index (χ3n) is 0.768. The van der Waals surface area contributed by atoms with Crippen LogP contribution in [0.25, 0.3) is 0 Å². The van der Waals surface area contributed by atoms with Gasteiger partial charge in [0.2, 0.25) is 0 Å². The van der Waals surface area contributed by atoms with Gasteiger partial charge in [0.25, 0.3) is 0 Å². The molecule has 1 rings (SSSR count). The van der Waals surface area contributed by atoms with Crippen LogP contribution in [-0.2, 0) is 0 Å². The summed E-state index contributed by atoms with van der Waals surface area (Å²) in [7, 11) is 0. The van der Waals surface area contributed by atoms with Crippen molar-refractivity contribution >= 4 is 57.9 Å². The molecule has 0 aliphatic rings. The predicted molar refractivity (Wildman–Crippen MR) is 46.1 cm³/mol. The first-order chi connectivity index (χ1) is 4.18. The Bertz CT molecular complexity index is 179. The predicted octanol–water partition coefficient (Wildman–Crippen LogP) is 0.0702. The summed E-state index contributed by atoms with van der Waals surface area (Å²) in [5, 5.41) is 1.41. The number of hydrogen-bond acceptors (Lipinski definition) is 0. The van der Waals surface area contributed by atoms with Gasteiger partial charge in [0.05, 0.1) is 0 Å². The van der Waals surface area contributed by atoms with Crippen LogP contribution in [0.1, 0.15) is 0 Å².